The summed E-state index contributed by atoms with van der Waals surface area (Å²) in [6, 6.07) is 18.7. The van der Waals surface area contributed by atoms with E-state index >= 15 is 0 Å². The molecule has 2 heterocycles. The molecule has 2 aromatic carbocycles. The molecule has 1 fully saturated rings. The number of fused-ring (bicyclic) bond motifs is 1. The Bertz CT molecular complexity index is 892. The van der Waals surface area contributed by atoms with E-state index in [1.165, 1.54) is 5.56 Å². The number of aliphatic hydroxyl groups is 1. The van der Waals surface area contributed by atoms with Gasteiger partial charge in [-0.2, -0.15) is 5.10 Å². The van der Waals surface area contributed by atoms with Crippen molar-refractivity contribution in [2.75, 3.05) is 33.2 Å². The summed E-state index contributed by atoms with van der Waals surface area (Å²) in [7, 11) is 4.09. The van der Waals surface area contributed by atoms with E-state index in [2.05, 4.69) is 64.4 Å². The van der Waals surface area contributed by atoms with E-state index < -0.39 is 6.10 Å². The third-order valence-electron chi connectivity index (χ3n) is 5.60. The summed E-state index contributed by atoms with van der Waals surface area (Å²) < 4.78 is 1.87. The summed E-state index contributed by atoms with van der Waals surface area (Å²) in [5.41, 5.74) is 3.18. The maximum absolute atomic E-state index is 11.3. The van der Waals surface area contributed by atoms with Crippen molar-refractivity contribution < 1.29 is 5.11 Å². The Hall–Kier alpha value is -2.21. The number of likely N-dealkylation sites (N-methyl/N-ethyl adjacent to an activating group) is 1. The van der Waals surface area contributed by atoms with Crippen molar-refractivity contribution in [3.63, 3.8) is 0 Å². The Balaban J connectivity index is 1.58. The zero-order valence-electron chi connectivity index (χ0n) is 16.1. The fourth-order valence-corrected chi connectivity index (χ4v) is 4.15. The Morgan fingerprint density at radius 1 is 1.00 bits per heavy atom. The number of rotatable bonds is 4. The van der Waals surface area contributed by atoms with Crippen LogP contribution in [0.2, 0.25) is 0 Å². The molecule has 0 bridgehead atoms. The summed E-state index contributed by atoms with van der Waals surface area (Å²) in [5, 5.41) is 17.0. The van der Waals surface area contributed by atoms with Gasteiger partial charge in [-0.3, -0.25) is 9.58 Å². The molecule has 0 spiro atoms. The number of hydrogen-bond donors (Lipinski definition) is 1. The van der Waals surface area contributed by atoms with Crippen molar-refractivity contribution in [2.45, 2.75) is 12.6 Å². The van der Waals surface area contributed by atoms with Gasteiger partial charge in [0, 0.05) is 51.1 Å². The smallest absolute Gasteiger partial charge is 0.104 e. The van der Waals surface area contributed by atoms with Crippen molar-refractivity contribution >= 4 is 10.9 Å². The minimum Gasteiger partial charge on any atom is -0.386 e. The minimum atomic E-state index is -0.574. The average molecular weight is 364 g/mol. The van der Waals surface area contributed by atoms with Crippen LogP contribution in [-0.4, -0.2) is 57.9 Å². The fourth-order valence-electron chi connectivity index (χ4n) is 4.15. The van der Waals surface area contributed by atoms with E-state index in [-0.39, 0.29) is 5.92 Å². The summed E-state index contributed by atoms with van der Waals surface area (Å²) in [4.78, 5) is 4.78. The molecular weight excluding hydrogens is 336 g/mol. The topological polar surface area (TPSA) is 44.5 Å². The van der Waals surface area contributed by atoms with E-state index in [1.807, 2.05) is 23.9 Å². The first-order valence-electron chi connectivity index (χ1n) is 9.66. The predicted molar refractivity (Wildman–Crippen MR) is 108 cm³/mol. The van der Waals surface area contributed by atoms with Crippen LogP contribution in [0.1, 0.15) is 17.4 Å². The second-order valence-electron chi connectivity index (χ2n) is 7.71. The van der Waals surface area contributed by atoms with Gasteiger partial charge >= 0.3 is 0 Å². The maximum Gasteiger partial charge on any atom is 0.104 e. The van der Waals surface area contributed by atoms with Crippen LogP contribution in [0.25, 0.3) is 10.9 Å². The molecule has 1 aliphatic rings. The highest BCUT2D eigenvalue weighted by atomic mass is 16.3. The molecule has 0 radical (unpaired) electrons. The minimum absolute atomic E-state index is 0.125. The molecule has 1 aliphatic heterocycles. The molecule has 5 heteroatoms. The molecule has 1 N–H and O–H groups in total. The number of benzene rings is 2. The van der Waals surface area contributed by atoms with E-state index in [4.69, 9.17) is 0 Å². The lowest BCUT2D eigenvalue weighted by molar-refractivity contribution is 0.0746. The molecule has 5 nitrogen and oxygen atoms in total. The average Bonchev–Trinajstić information content (AvgIpc) is 2.91. The first-order chi connectivity index (χ1) is 13.1. The van der Waals surface area contributed by atoms with Crippen LogP contribution in [0.3, 0.4) is 0 Å². The SMILES string of the molecule is CN1CCN(Cc2ccccc2)CC(C(O)c2nn(C)c3ccccc23)C1. The molecule has 2 unspecified atom stereocenters. The van der Waals surface area contributed by atoms with Crippen LogP contribution in [0, 0.1) is 5.92 Å². The number of para-hydroxylation sites is 1. The molecule has 0 aliphatic carbocycles. The molecule has 142 valence electrons. The largest absolute Gasteiger partial charge is 0.386 e. The van der Waals surface area contributed by atoms with Gasteiger partial charge in [-0.1, -0.05) is 48.5 Å². The van der Waals surface area contributed by atoms with Crippen LogP contribution < -0.4 is 0 Å². The second-order valence-corrected chi connectivity index (χ2v) is 7.71. The lowest BCUT2D eigenvalue weighted by atomic mass is 9.96. The molecule has 1 aromatic heterocycles. The first-order valence-corrected chi connectivity index (χ1v) is 9.66. The fraction of sp³-hybridized carbons (Fsp3) is 0.409. The van der Waals surface area contributed by atoms with Gasteiger partial charge in [0.15, 0.2) is 0 Å². The lowest BCUT2D eigenvalue weighted by Crippen LogP contribution is -2.33. The van der Waals surface area contributed by atoms with Crippen molar-refractivity contribution in [1.82, 2.24) is 19.6 Å². The normalized spacial score (nSPS) is 20.6. The molecule has 1 saturated heterocycles. The van der Waals surface area contributed by atoms with Gasteiger partial charge in [0.1, 0.15) is 6.10 Å². The molecular formula is C22H28N4O. The highest BCUT2D eigenvalue weighted by Gasteiger charge is 2.30. The van der Waals surface area contributed by atoms with Gasteiger partial charge < -0.3 is 10.0 Å². The van der Waals surface area contributed by atoms with Gasteiger partial charge in [0.25, 0.3) is 0 Å². The number of nitrogens with zero attached hydrogens (tertiary/aromatic N) is 4. The van der Waals surface area contributed by atoms with Crippen molar-refractivity contribution in [2.24, 2.45) is 13.0 Å². The Kier molecular flexibility index (Phi) is 5.25. The third kappa shape index (κ3) is 3.90. The highest BCUT2D eigenvalue weighted by molar-refractivity contribution is 5.82. The number of aromatic nitrogens is 2. The molecule has 0 amide bonds. The van der Waals surface area contributed by atoms with E-state index in [0.717, 1.165) is 49.3 Å². The zero-order chi connectivity index (χ0) is 18.8. The standard InChI is InChI=1S/C22H28N4O/c1-24-12-13-26(14-17-8-4-3-5-9-17)16-18(15-24)22(27)21-19-10-6-7-11-20(19)25(2)23-21/h3-11,18,22,27H,12-16H2,1-2H3. The summed E-state index contributed by atoms with van der Waals surface area (Å²) in [6.45, 7) is 4.68. The van der Waals surface area contributed by atoms with Crippen molar-refractivity contribution in [3.8, 4) is 0 Å². The van der Waals surface area contributed by atoms with Gasteiger partial charge in [0.05, 0.1) is 11.2 Å². The van der Waals surface area contributed by atoms with Crippen LogP contribution >= 0.6 is 0 Å². The quantitative estimate of drug-likeness (QED) is 0.773. The van der Waals surface area contributed by atoms with Gasteiger partial charge in [-0.25, -0.2) is 0 Å². The Labute approximate surface area is 160 Å². The molecule has 3 aromatic rings. The molecule has 2 atom stereocenters. The molecule has 0 saturated carbocycles. The van der Waals surface area contributed by atoms with E-state index in [0.29, 0.717) is 0 Å². The monoisotopic (exact) mass is 364 g/mol. The number of hydrogen-bond acceptors (Lipinski definition) is 4. The lowest BCUT2D eigenvalue weighted by Gasteiger charge is -2.27. The van der Waals surface area contributed by atoms with Crippen molar-refractivity contribution in [1.29, 1.82) is 0 Å². The molecule has 27 heavy (non-hydrogen) atoms. The van der Waals surface area contributed by atoms with Gasteiger partial charge in [0.2, 0.25) is 0 Å². The highest BCUT2D eigenvalue weighted by Crippen LogP contribution is 2.30. The van der Waals surface area contributed by atoms with Crippen LogP contribution in [0.5, 0.6) is 0 Å². The zero-order valence-corrected chi connectivity index (χ0v) is 16.1. The van der Waals surface area contributed by atoms with Crippen LogP contribution in [0.4, 0.5) is 0 Å². The maximum atomic E-state index is 11.3. The summed E-state index contributed by atoms with van der Waals surface area (Å²) >= 11 is 0. The summed E-state index contributed by atoms with van der Waals surface area (Å²) in [6.07, 6.45) is -0.574. The van der Waals surface area contributed by atoms with Gasteiger partial charge in [-0.15, -0.1) is 0 Å². The van der Waals surface area contributed by atoms with Crippen LogP contribution in [-0.2, 0) is 13.6 Å². The number of aliphatic hydroxyl groups excluding tert-OH is 1. The van der Waals surface area contributed by atoms with Crippen LogP contribution in [0.15, 0.2) is 54.6 Å². The number of aryl methyl sites for hydroxylation is 1. The second kappa shape index (κ2) is 7.80. The Morgan fingerprint density at radius 2 is 1.74 bits per heavy atom. The third-order valence-corrected chi connectivity index (χ3v) is 5.60. The van der Waals surface area contributed by atoms with E-state index in [9.17, 15) is 5.11 Å². The van der Waals surface area contributed by atoms with Gasteiger partial charge in [-0.05, 0) is 18.7 Å². The summed E-state index contributed by atoms with van der Waals surface area (Å²) in [5.74, 6) is 0.125. The Morgan fingerprint density at radius 3 is 2.56 bits per heavy atom. The first kappa shape index (κ1) is 18.2. The van der Waals surface area contributed by atoms with E-state index in [1.54, 1.807) is 0 Å². The molecule has 4 rings (SSSR count). The van der Waals surface area contributed by atoms with Crippen molar-refractivity contribution in [3.05, 3.63) is 65.9 Å². The predicted octanol–water partition coefficient (Wildman–Crippen LogP) is 2.67.